The molecule has 0 saturated heterocycles. The third-order valence-electron chi connectivity index (χ3n) is 3.44. The minimum Gasteiger partial charge on any atom is -0.328 e. The van der Waals surface area contributed by atoms with Crippen LogP contribution in [0.2, 0.25) is 5.02 Å². The van der Waals surface area contributed by atoms with Crippen molar-refractivity contribution >= 4 is 56.9 Å². The third kappa shape index (κ3) is 5.41. The molecule has 1 aromatic heterocycles. The van der Waals surface area contributed by atoms with E-state index in [4.69, 9.17) is 11.6 Å². The Hall–Kier alpha value is -2.81. The molecule has 16 heteroatoms. The molecule has 0 aliphatic carbocycles. The number of nitrogens with one attached hydrogen (secondary N) is 2. The molecule has 1 heterocycles. The minimum atomic E-state index is -4.72. The number of halogens is 6. The standard InChI is InChI=1S/C14H11BrClF4N7O3/c1-26(4-14(18,19)20)12(30)11(29)21-9-5(15)3-6(17)7(8(9)16)10(28)22-13-23-24-25-27(13)2/h3H,4H2,1-2H3,(H,21,29)(H,22,23,25,28). The van der Waals surface area contributed by atoms with Gasteiger partial charge in [-0.25, -0.2) is 9.07 Å². The van der Waals surface area contributed by atoms with Gasteiger partial charge in [0.15, 0.2) is 0 Å². The summed E-state index contributed by atoms with van der Waals surface area (Å²) in [7, 11) is 2.16. The van der Waals surface area contributed by atoms with Crippen molar-refractivity contribution in [2.75, 3.05) is 24.2 Å². The summed E-state index contributed by atoms with van der Waals surface area (Å²) in [5, 5.41) is 13.8. The molecule has 0 bridgehead atoms. The number of aryl methyl sites for hydroxylation is 1. The molecule has 0 radical (unpaired) electrons. The van der Waals surface area contributed by atoms with E-state index in [-0.39, 0.29) is 15.3 Å². The predicted octanol–water partition coefficient (Wildman–Crippen LogP) is 1.98. The first-order valence-electron chi connectivity index (χ1n) is 7.66. The zero-order valence-electron chi connectivity index (χ0n) is 15.0. The number of aromatic nitrogens is 4. The molecule has 0 spiro atoms. The van der Waals surface area contributed by atoms with E-state index in [0.29, 0.717) is 0 Å². The molecule has 30 heavy (non-hydrogen) atoms. The zero-order valence-corrected chi connectivity index (χ0v) is 17.4. The lowest BCUT2D eigenvalue weighted by atomic mass is 10.1. The van der Waals surface area contributed by atoms with Crippen molar-refractivity contribution in [1.82, 2.24) is 25.1 Å². The molecule has 0 aliphatic heterocycles. The van der Waals surface area contributed by atoms with Crippen LogP contribution in [0.15, 0.2) is 10.5 Å². The van der Waals surface area contributed by atoms with Crippen LogP contribution in [-0.2, 0) is 16.6 Å². The van der Waals surface area contributed by atoms with E-state index in [9.17, 15) is 31.9 Å². The lowest BCUT2D eigenvalue weighted by Crippen LogP contribution is -2.42. The molecule has 1 aromatic carbocycles. The number of amides is 3. The Bertz CT molecular complexity index is 1010. The minimum absolute atomic E-state index is 0.134. The van der Waals surface area contributed by atoms with Crippen molar-refractivity contribution in [2.45, 2.75) is 6.18 Å². The largest absolute Gasteiger partial charge is 0.406 e. The Balaban J connectivity index is 2.30. The zero-order chi connectivity index (χ0) is 22.8. The lowest BCUT2D eigenvalue weighted by Gasteiger charge is -2.19. The number of tetrazole rings is 1. The fourth-order valence-corrected chi connectivity index (χ4v) is 3.03. The number of hydrogen-bond acceptors (Lipinski definition) is 6. The van der Waals surface area contributed by atoms with Crippen molar-refractivity contribution in [3.05, 3.63) is 26.9 Å². The highest BCUT2D eigenvalue weighted by molar-refractivity contribution is 9.10. The van der Waals surface area contributed by atoms with Crippen LogP contribution in [0.5, 0.6) is 0 Å². The summed E-state index contributed by atoms with van der Waals surface area (Å²) < 4.78 is 52.4. The fraction of sp³-hybridized carbons (Fsp3) is 0.286. The average Bonchev–Trinajstić information content (AvgIpc) is 3.00. The summed E-state index contributed by atoms with van der Waals surface area (Å²) in [6, 6.07) is 0.773. The number of alkyl halides is 3. The van der Waals surface area contributed by atoms with Gasteiger partial charge < -0.3 is 10.2 Å². The first-order valence-corrected chi connectivity index (χ1v) is 8.83. The van der Waals surface area contributed by atoms with Crippen molar-refractivity contribution in [3.8, 4) is 0 Å². The Morgan fingerprint density at radius 1 is 1.30 bits per heavy atom. The molecule has 0 unspecified atom stereocenters. The van der Waals surface area contributed by atoms with Crippen molar-refractivity contribution in [3.63, 3.8) is 0 Å². The molecule has 0 aliphatic rings. The van der Waals surface area contributed by atoms with E-state index < -0.39 is 52.5 Å². The van der Waals surface area contributed by atoms with Crippen molar-refractivity contribution in [2.24, 2.45) is 7.05 Å². The van der Waals surface area contributed by atoms with E-state index in [1.54, 1.807) is 0 Å². The number of hydrogen-bond donors (Lipinski definition) is 2. The van der Waals surface area contributed by atoms with Crippen LogP contribution in [0.25, 0.3) is 0 Å². The Kier molecular flexibility index (Phi) is 6.97. The molecular weight excluding hydrogens is 506 g/mol. The maximum Gasteiger partial charge on any atom is 0.406 e. The Labute approximate surface area is 178 Å². The molecule has 2 rings (SSSR count). The number of carbonyl (C=O) groups is 3. The van der Waals surface area contributed by atoms with Gasteiger partial charge in [-0.3, -0.25) is 19.7 Å². The Morgan fingerprint density at radius 2 is 1.93 bits per heavy atom. The third-order valence-corrected chi connectivity index (χ3v) is 4.44. The molecule has 10 nitrogen and oxygen atoms in total. The SMILES string of the molecule is CN(CC(F)(F)F)C(=O)C(=O)Nc1c(Br)cc(F)c(C(=O)Nc2nnnn2C)c1Cl. The number of benzene rings is 1. The summed E-state index contributed by atoms with van der Waals surface area (Å²) in [5.74, 6) is -5.35. The summed E-state index contributed by atoms with van der Waals surface area (Å²) >= 11 is 8.92. The van der Waals surface area contributed by atoms with Gasteiger partial charge >= 0.3 is 18.0 Å². The second kappa shape index (κ2) is 8.91. The van der Waals surface area contributed by atoms with Gasteiger partial charge in [-0.15, -0.1) is 0 Å². The monoisotopic (exact) mass is 515 g/mol. The van der Waals surface area contributed by atoms with Crippen LogP contribution in [0.3, 0.4) is 0 Å². The van der Waals surface area contributed by atoms with E-state index in [1.165, 1.54) is 7.05 Å². The van der Waals surface area contributed by atoms with Gasteiger partial charge in [-0.05, 0) is 32.4 Å². The van der Waals surface area contributed by atoms with Gasteiger partial charge in [-0.1, -0.05) is 16.7 Å². The number of carbonyl (C=O) groups excluding carboxylic acids is 3. The van der Waals surface area contributed by atoms with E-state index in [0.717, 1.165) is 17.8 Å². The first kappa shape index (κ1) is 23.5. The molecular formula is C14H11BrClF4N7O3. The van der Waals surface area contributed by atoms with Crippen LogP contribution in [-0.4, -0.2) is 62.6 Å². The maximum atomic E-state index is 14.3. The van der Waals surface area contributed by atoms with Crippen LogP contribution in [0.4, 0.5) is 29.2 Å². The molecule has 0 atom stereocenters. The predicted molar refractivity (Wildman–Crippen MR) is 98.2 cm³/mol. The highest BCUT2D eigenvalue weighted by Gasteiger charge is 2.34. The molecule has 0 saturated carbocycles. The van der Waals surface area contributed by atoms with E-state index in [2.05, 4.69) is 36.8 Å². The fourth-order valence-electron chi connectivity index (χ4n) is 2.09. The maximum absolute atomic E-state index is 14.3. The Morgan fingerprint density at radius 3 is 2.47 bits per heavy atom. The summed E-state index contributed by atoms with van der Waals surface area (Å²) in [6.07, 6.45) is -4.72. The quantitative estimate of drug-likeness (QED) is 0.473. The summed E-state index contributed by atoms with van der Waals surface area (Å²) in [4.78, 5) is 36.4. The number of likely N-dealkylation sites (N-methyl/N-ethyl adjacent to an activating group) is 1. The second-order valence-electron chi connectivity index (χ2n) is 5.71. The van der Waals surface area contributed by atoms with Crippen LogP contribution >= 0.6 is 27.5 Å². The number of rotatable bonds is 4. The molecule has 3 amide bonds. The molecule has 0 fully saturated rings. The van der Waals surface area contributed by atoms with Crippen LogP contribution in [0.1, 0.15) is 10.4 Å². The van der Waals surface area contributed by atoms with Crippen LogP contribution in [0, 0.1) is 5.82 Å². The van der Waals surface area contributed by atoms with Gasteiger partial charge in [0, 0.05) is 18.6 Å². The highest BCUT2D eigenvalue weighted by Crippen LogP contribution is 2.36. The van der Waals surface area contributed by atoms with Crippen LogP contribution < -0.4 is 10.6 Å². The van der Waals surface area contributed by atoms with Gasteiger partial charge in [-0.2, -0.15) is 13.2 Å². The topological polar surface area (TPSA) is 122 Å². The van der Waals surface area contributed by atoms with Crippen molar-refractivity contribution in [1.29, 1.82) is 0 Å². The normalized spacial score (nSPS) is 11.2. The first-order chi connectivity index (χ1) is 13.8. The molecule has 162 valence electrons. The smallest absolute Gasteiger partial charge is 0.328 e. The van der Waals surface area contributed by atoms with Gasteiger partial charge in [0.05, 0.1) is 16.3 Å². The summed E-state index contributed by atoms with van der Waals surface area (Å²) in [5.41, 5.74) is -1.13. The lowest BCUT2D eigenvalue weighted by molar-refractivity contribution is -0.161. The average molecular weight is 517 g/mol. The summed E-state index contributed by atoms with van der Waals surface area (Å²) in [6.45, 7) is -1.67. The van der Waals surface area contributed by atoms with Gasteiger partial charge in [0.25, 0.3) is 5.91 Å². The van der Waals surface area contributed by atoms with Gasteiger partial charge in [0.2, 0.25) is 5.95 Å². The molecule has 2 aromatic rings. The van der Waals surface area contributed by atoms with Gasteiger partial charge in [0.1, 0.15) is 12.4 Å². The van der Waals surface area contributed by atoms with E-state index in [1.807, 2.05) is 5.32 Å². The highest BCUT2D eigenvalue weighted by atomic mass is 79.9. The molecule has 2 N–H and O–H groups in total. The van der Waals surface area contributed by atoms with Crippen molar-refractivity contribution < 1.29 is 31.9 Å². The number of anilines is 2. The second-order valence-corrected chi connectivity index (χ2v) is 6.95. The number of nitrogens with zero attached hydrogens (tertiary/aromatic N) is 5. The van der Waals surface area contributed by atoms with E-state index >= 15 is 0 Å².